The van der Waals surface area contributed by atoms with Gasteiger partial charge in [-0.05, 0) is 42.9 Å². The minimum atomic E-state index is -1.15. The molecule has 2 aromatic rings. The molecule has 8 nitrogen and oxygen atoms in total. The molecular formula is C19H20ClN3O5. The Kier molecular flexibility index (Phi) is 4.89. The highest BCUT2D eigenvalue weighted by Gasteiger charge is 2.43. The molecule has 0 radical (unpaired) electrons. The number of hydrogen-bond donors (Lipinski definition) is 1. The minimum Gasteiger partial charge on any atom is -0.495 e. The van der Waals surface area contributed by atoms with Crippen molar-refractivity contribution in [2.24, 2.45) is 11.8 Å². The van der Waals surface area contributed by atoms with Crippen LogP contribution in [0.1, 0.15) is 23.3 Å². The summed E-state index contributed by atoms with van der Waals surface area (Å²) in [6, 6.07) is 6.47. The first kappa shape index (κ1) is 18.6. The van der Waals surface area contributed by atoms with Crippen molar-refractivity contribution < 1.29 is 24.2 Å². The van der Waals surface area contributed by atoms with Gasteiger partial charge in [-0.2, -0.15) is 9.78 Å². The number of likely N-dealkylation sites (tertiary alicyclic amines) is 1. The number of hydrogen-bond acceptors (Lipinski definition) is 5. The second-order valence-corrected chi connectivity index (χ2v) is 7.52. The lowest BCUT2D eigenvalue weighted by atomic mass is 10.0. The number of carbonyl (C=O) groups is 2. The Morgan fingerprint density at radius 1 is 1.18 bits per heavy atom. The van der Waals surface area contributed by atoms with Crippen LogP contribution in [-0.2, 0) is 0 Å². The lowest BCUT2D eigenvalue weighted by Gasteiger charge is -2.20. The van der Waals surface area contributed by atoms with Crippen LogP contribution in [0.5, 0.6) is 11.5 Å². The van der Waals surface area contributed by atoms with Crippen molar-refractivity contribution in [2.75, 3.05) is 20.2 Å². The van der Waals surface area contributed by atoms with Gasteiger partial charge in [-0.15, -0.1) is 0 Å². The number of fused-ring (bicyclic) bond motifs is 1. The SMILES string of the molecule is COc1cccc(OC2C[C@@H]3CN(C(=O)n4ccc(C(=O)O)n4)C[C@@H]3C2)c1Cl. The Morgan fingerprint density at radius 2 is 1.86 bits per heavy atom. The van der Waals surface area contributed by atoms with Crippen molar-refractivity contribution in [3.8, 4) is 11.5 Å². The Morgan fingerprint density at radius 3 is 2.46 bits per heavy atom. The smallest absolute Gasteiger partial charge is 0.356 e. The van der Waals surface area contributed by atoms with Crippen LogP contribution in [0, 0.1) is 11.8 Å². The first-order valence-corrected chi connectivity index (χ1v) is 9.41. The fraction of sp³-hybridized carbons (Fsp3) is 0.421. The van der Waals surface area contributed by atoms with E-state index in [-0.39, 0.29) is 17.8 Å². The number of nitrogens with zero attached hydrogens (tertiary/aromatic N) is 3. The topological polar surface area (TPSA) is 93.9 Å². The zero-order chi connectivity index (χ0) is 19.8. The first-order valence-electron chi connectivity index (χ1n) is 9.03. The lowest BCUT2D eigenvalue weighted by Crippen LogP contribution is -2.34. The third kappa shape index (κ3) is 3.40. The Labute approximate surface area is 166 Å². The fourth-order valence-corrected chi connectivity index (χ4v) is 4.35. The molecule has 2 heterocycles. The van der Waals surface area contributed by atoms with E-state index in [0.717, 1.165) is 17.5 Å². The molecule has 1 aliphatic carbocycles. The highest BCUT2D eigenvalue weighted by Crippen LogP contribution is 2.42. The van der Waals surface area contributed by atoms with Crippen LogP contribution in [0.4, 0.5) is 4.79 Å². The first-order chi connectivity index (χ1) is 13.5. The third-order valence-electron chi connectivity index (χ3n) is 5.42. The molecule has 1 aromatic heterocycles. The van der Waals surface area contributed by atoms with E-state index in [1.54, 1.807) is 18.1 Å². The van der Waals surface area contributed by atoms with Gasteiger partial charge in [0, 0.05) is 19.3 Å². The summed E-state index contributed by atoms with van der Waals surface area (Å²) in [5.41, 5.74) is -0.142. The Hall–Kier alpha value is -2.74. The van der Waals surface area contributed by atoms with Crippen LogP contribution >= 0.6 is 11.6 Å². The van der Waals surface area contributed by atoms with E-state index < -0.39 is 5.97 Å². The second kappa shape index (κ2) is 7.35. The van der Waals surface area contributed by atoms with Gasteiger partial charge >= 0.3 is 12.0 Å². The zero-order valence-corrected chi connectivity index (χ0v) is 16.0. The molecule has 1 amide bonds. The van der Waals surface area contributed by atoms with Gasteiger partial charge in [0.1, 0.15) is 16.5 Å². The normalized spacial score (nSPS) is 23.5. The number of carboxylic acid groups (broad SMARTS) is 1. The molecule has 1 saturated carbocycles. The van der Waals surface area contributed by atoms with E-state index >= 15 is 0 Å². The number of methoxy groups -OCH3 is 1. The molecule has 2 fully saturated rings. The number of aromatic carboxylic acids is 1. The third-order valence-corrected chi connectivity index (χ3v) is 5.80. The van der Waals surface area contributed by atoms with E-state index in [4.69, 9.17) is 26.2 Å². The van der Waals surface area contributed by atoms with Gasteiger partial charge in [-0.1, -0.05) is 17.7 Å². The molecule has 1 aliphatic heterocycles. The maximum atomic E-state index is 12.6. The number of ether oxygens (including phenoxy) is 2. The van der Waals surface area contributed by atoms with Crippen molar-refractivity contribution in [3.63, 3.8) is 0 Å². The molecule has 1 N–H and O–H groups in total. The van der Waals surface area contributed by atoms with Crippen LogP contribution in [0.25, 0.3) is 0 Å². The number of carboxylic acids is 1. The quantitative estimate of drug-likeness (QED) is 0.840. The number of rotatable bonds is 4. The van der Waals surface area contributed by atoms with Crippen molar-refractivity contribution in [3.05, 3.63) is 41.2 Å². The molecule has 28 heavy (non-hydrogen) atoms. The molecule has 0 spiro atoms. The van der Waals surface area contributed by atoms with Crippen LogP contribution < -0.4 is 9.47 Å². The van der Waals surface area contributed by atoms with Gasteiger partial charge in [-0.3, -0.25) is 0 Å². The van der Waals surface area contributed by atoms with Crippen molar-refractivity contribution >= 4 is 23.6 Å². The van der Waals surface area contributed by atoms with Crippen LogP contribution in [-0.4, -0.2) is 58.1 Å². The second-order valence-electron chi connectivity index (χ2n) is 7.14. The van der Waals surface area contributed by atoms with Crippen LogP contribution in [0.3, 0.4) is 0 Å². The summed E-state index contributed by atoms with van der Waals surface area (Å²) < 4.78 is 12.4. The van der Waals surface area contributed by atoms with E-state index in [0.29, 0.717) is 41.4 Å². The van der Waals surface area contributed by atoms with Gasteiger partial charge < -0.3 is 19.5 Å². The monoisotopic (exact) mass is 405 g/mol. The summed E-state index contributed by atoms with van der Waals surface area (Å²) in [5, 5.41) is 13.2. The van der Waals surface area contributed by atoms with Gasteiger partial charge in [0.05, 0.1) is 13.2 Å². The van der Waals surface area contributed by atoms with Crippen molar-refractivity contribution in [1.82, 2.24) is 14.7 Å². The van der Waals surface area contributed by atoms with Crippen LogP contribution in [0.2, 0.25) is 5.02 Å². The minimum absolute atomic E-state index is 0.0418. The highest BCUT2D eigenvalue weighted by molar-refractivity contribution is 6.33. The Bertz CT molecular complexity index is 901. The molecule has 9 heteroatoms. The molecular weight excluding hydrogens is 386 g/mol. The molecule has 1 saturated heterocycles. The fourth-order valence-electron chi connectivity index (χ4n) is 4.11. The van der Waals surface area contributed by atoms with E-state index in [1.807, 2.05) is 12.1 Å². The molecule has 3 atom stereocenters. The molecule has 0 bridgehead atoms. The van der Waals surface area contributed by atoms with Crippen molar-refractivity contribution in [2.45, 2.75) is 18.9 Å². The summed E-state index contributed by atoms with van der Waals surface area (Å²) >= 11 is 6.31. The van der Waals surface area contributed by atoms with Gasteiger partial charge in [0.25, 0.3) is 0 Å². The largest absolute Gasteiger partial charge is 0.495 e. The number of amides is 1. The summed E-state index contributed by atoms with van der Waals surface area (Å²) in [6.07, 6.45) is 3.10. The molecule has 148 valence electrons. The predicted octanol–water partition coefficient (Wildman–Crippen LogP) is 3.00. The predicted molar refractivity (Wildman–Crippen MR) is 100 cm³/mol. The van der Waals surface area contributed by atoms with Gasteiger partial charge in [-0.25, -0.2) is 9.59 Å². The highest BCUT2D eigenvalue weighted by atomic mass is 35.5. The van der Waals surface area contributed by atoms with Crippen LogP contribution in [0.15, 0.2) is 30.5 Å². The summed E-state index contributed by atoms with van der Waals surface area (Å²) in [6.45, 7) is 1.22. The maximum Gasteiger partial charge on any atom is 0.356 e. The van der Waals surface area contributed by atoms with E-state index in [1.165, 1.54) is 12.3 Å². The average Bonchev–Trinajstić information content (AvgIpc) is 3.37. The molecule has 4 rings (SSSR count). The number of carbonyl (C=O) groups excluding carboxylic acids is 1. The number of aromatic nitrogens is 2. The zero-order valence-electron chi connectivity index (χ0n) is 15.2. The molecule has 2 aliphatic rings. The Balaban J connectivity index is 1.37. The van der Waals surface area contributed by atoms with E-state index in [2.05, 4.69) is 5.10 Å². The number of halogens is 1. The number of benzene rings is 1. The maximum absolute atomic E-state index is 12.6. The van der Waals surface area contributed by atoms with Crippen molar-refractivity contribution in [1.29, 1.82) is 0 Å². The van der Waals surface area contributed by atoms with Gasteiger partial charge in [0.2, 0.25) is 0 Å². The summed E-state index contributed by atoms with van der Waals surface area (Å²) in [4.78, 5) is 25.2. The lowest BCUT2D eigenvalue weighted by molar-refractivity contribution is 0.0690. The molecule has 1 aromatic carbocycles. The summed E-state index contributed by atoms with van der Waals surface area (Å²) in [5.74, 6) is 0.715. The average molecular weight is 406 g/mol. The van der Waals surface area contributed by atoms with Gasteiger partial charge in [0.15, 0.2) is 5.69 Å². The molecule has 1 unspecified atom stereocenters. The standard InChI is InChI=1S/C19H20ClN3O5/c1-27-15-3-2-4-16(17(15)20)28-13-7-11-9-22(10-12(11)8-13)19(26)23-6-5-14(21-23)18(24)25/h2-6,11-13H,7-10H2,1H3,(H,24,25)/t11-,12+,13?. The van der Waals surface area contributed by atoms with E-state index in [9.17, 15) is 9.59 Å². The summed E-state index contributed by atoms with van der Waals surface area (Å²) in [7, 11) is 1.57.